The molecule has 4 aromatic carbocycles. The number of imide groups is 2. The fraction of sp³-hybridized carbons (Fsp3) is 0.238. The number of aliphatic hydroxyl groups is 1. The van der Waals surface area contributed by atoms with Crippen LogP contribution in [0.3, 0.4) is 0 Å². The van der Waals surface area contributed by atoms with E-state index in [-0.39, 0.29) is 37.4 Å². The van der Waals surface area contributed by atoms with E-state index >= 15 is 4.79 Å². The van der Waals surface area contributed by atoms with E-state index in [1.165, 1.54) is 9.80 Å². The highest BCUT2D eigenvalue weighted by molar-refractivity contribution is 6.32. The first-order valence-electron chi connectivity index (χ1n) is 17.1. The number of fused-ring (bicyclic) bond motifs is 4. The second-order valence-corrected chi connectivity index (χ2v) is 13.9. The maximum Gasteiger partial charge on any atom is 0.246 e. The van der Waals surface area contributed by atoms with Crippen LogP contribution in [0.1, 0.15) is 35.4 Å². The molecule has 0 radical (unpaired) electrons. The topological polar surface area (TPSA) is 104 Å². The minimum atomic E-state index is -1.43. The summed E-state index contributed by atoms with van der Waals surface area (Å²) in [6.07, 6.45) is 4.20. The van der Waals surface area contributed by atoms with Gasteiger partial charge >= 0.3 is 0 Å². The van der Waals surface area contributed by atoms with Crippen molar-refractivity contribution in [3.63, 3.8) is 0 Å². The molecule has 4 aromatic rings. The predicted octanol–water partition coefficient (Wildman–Crippen LogP) is 6.72. The van der Waals surface area contributed by atoms with Crippen molar-refractivity contribution in [3.8, 4) is 5.75 Å². The van der Waals surface area contributed by atoms with Crippen LogP contribution in [0, 0.1) is 23.7 Å². The number of amides is 4. The molecule has 6 unspecified atom stereocenters. The molecule has 2 saturated heterocycles. The van der Waals surface area contributed by atoms with Gasteiger partial charge in [-0.05, 0) is 66.3 Å². The predicted molar refractivity (Wildman–Crippen MR) is 194 cm³/mol. The molecular weight excluding hydrogens is 664 g/mol. The fourth-order valence-electron chi connectivity index (χ4n) is 9.11. The number of hydrogen-bond donors (Lipinski definition) is 1. The van der Waals surface area contributed by atoms with Crippen LogP contribution in [0.4, 0.5) is 11.4 Å². The largest absolute Gasteiger partial charge is 0.491 e. The van der Waals surface area contributed by atoms with Gasteiger partial charge in [0.25, 0.3) is 0 Å². The number of halogens is 1. The number of carbonyl (C=O) groups is 4. The monoisotopic (exact) mass is 698 g/mol. The molecular formula is C42H35ClN2O6. The Morgan fingerprint density at radius 1 is 0.824 bits per heavy atom. The van der Waals surface area contributed by atoms with Gasteiger partial charge in [-0.2, -0.15) is 0 Å². The molecule has 2 aliphatic carbocycles. The van der Waals surface area contributed by atoms with E-state index in [2.05, 4.69) is 6.58 Å². The lowest BCUT2D eigenvalue weighted by Gasteiger charge is -2.51. The van der Waals surface area contributed by atoms with E-state index in [4.69, 9.17) is 16.3 Å². The minimum Gasteiger partial charge on any atom is -0.491 e. The molecule has 3 fully saturated rings. The van der Waals surface area contributed by atoms with Gasteiger partial charge in [0.05, 0.1) is 41.2 Å². The Bertz CT molecular complexity index is 2110. The first kappa shape index (κ1) is 32.9. The molecule has 9 heteroatoms. The van der Waals surface area contributed by atoms with Gasteiger partial charge in [0, 0.05) is 16.5 Å². The highest BCUT2D eigenvalue weighted by Crippen LogP contribution is 2.65. The van der Waals surface area contributed by atoms with Crippen molar-refractivity contribution in [1.29, 1.82) is 0 Å². The third-order valence-corrected chi connectivity index (χ3v) is 11.4. The van der Waals surface area contributed by atoms with Gasteiger partial charge in [0.1, 0.15) is 12.4 Å². The molecule has 8 rings (SSSR count). The standard InChI is InChI=1S/C42H35ClN2O6/c1-2-25-15-17-28(18-16-25)44-38(47)32-20-19-30-33(36(32)40(44)49)24-34-39(48)45(29-12-8-11-27(43)23-29)41(50)42(34,26-9-4-3-5-10-26)37(30)31-13-6-7-14-35(31)51-22-21-46/h2-19,23,32-34,36-37,46H,1,20-22,24H2. The number of para-hydroxylation sites is 1. The molecule has 6 atom stereocenters. The van der Waals surface area contributed by atoms with Crippen LogP contribution in [-0.2, 0) is 24.6 Å². The normalized spacial score (nSPS) is 26.8. The van der Waals surface area contributed by atoms with Crippen molar-refractivity contribution in [1.82, 2.24) is 0 Å². The van der Waals surface area contributed by atoms with E-state index in [1.54, 1.807) is 48.5 Å². The Labute approximate surface area is 300 Å². The molecule has 4 amide bonds. The third-order valence-electron chi connectivity index (χ3n) is 11.1. The number of allylic oxidation sites excluding steroid dienone is 2. The van der Waals surface area contributed by atoms with Gasteiger partial charge in [-0.1, -0.05) is 103 Å². The smallest absolute Gasteiger partial charge is 0.246 e. The first-order chi connectivity index (χ1) is 24.8. The number of hydrogen-bond acceptors (Lipinski definition) is 6. The van der Waals surface area contributed by atoms with Crippen molar-refractivity contribution in [2.45, 2.75) is 24.2 Å². The summed E-state index contributed by atoms with van der Waals surface area (Å²) in [5, 5.41) is 10.1. The second-order valence-electron chi connectivity index (χ2n) is 13.5. The number of carbonyl (C=O) groups excluding carboxylic acids is 4. The summed E-state index contributed by atoms with van der Waals surface area (Å²) in [5.74, 6) is -4.42. The van der Waals surface area contributed by atoms with Crippen molar-refractivity contribution in [3.05, 3.63) is 143 Å². The summed E-state index contributed by atoms with van der Waals surface area (Å²) in [6.45, 7) is 3.60. The molecule has 1 N–H and O–H groups in total. The van der Waals surface area contributed by atoms with E-state index in [0.717, 1.165) is 11.1 Å². The zero-order chi connectivity index (χ0) is 35.4. The van der Waals surface area contributed by atoms with Gasteiger partial charge in [-0.15, -0.1) is 0 Å². The summed E-state index contributed by atoms with van der Waals surface area (Å²) >= 11 is 6.41. The Hall–Kier alpha value is -5.31. The maximum atomic E-state index is 15.4. The molecule has 2 aliphatic heterocycles. The Kier molecular flexibility index (Phi) is 8.24. The molecule has 4 aliphatic rings. The zero-order valence-electron chi connectivity index (χ0n) is 27.7. The van der Waals surface area contributed by atoms with Crippen molar-refractivity contribution >= 4 is 52.7 Å². The van der Waals surface area contributed by atoms with E-state index < -0.39 is 40.9 Å². The molecule has 51 heavy (non-hydrogen) atoms. The lowest BCUT2D eigenvalue weighted by Crippen LogP contribution is -2.53. The number of rotatable bonds is 8. The van der Waals surface area contributed by atoms with Crippen LogP contribution in [0.15, 0.2) is 121 Å². The molecule has 0 aromatic heterocycles. The SMILES string of the molecule is C=Cc1ccc(N2C(=O)C3CC=C4C(CC5C(=O)N(c6cccc(Cl)c6)C(=O)C5(c5ccccc5)C4c4ccccc4OCCO)C3C2=O)cc1. The highest BCUT2D eigenvalue weighted by atomic mass is 35.5. The average Bonchev–Trinajstić information content (AvgIpc) is 3.55. The molecule has 8 nitrogen and oxygen atoms in total. The van der Waals surface area contributed by atoms with Crippen LogP contribution in [-0.4, -0.2) is 41.9 Å². The lowest BCUT2D eigenvalue weighted by molar-refractivity contribution is -0.127. The maximum absolute atomic E-state index is 15.4. The Morgan fingerprint density at radius 2 is 1.57 bits per heavy atom. The van der Waals surface area contributed by atoms with Crippen molar-refractivity contribution in [2.75, 3.05) is 23.0 Å². The Balaban J connectivity index is 1.35. The second kappa shape index (κ2) is 12.8. The Morgan fingerprint density at radius 3 is 2.29 bits per heavy atom. The molecule has 1 saturated carbocycles. The van der Waals surface area contributed by atoms with Gasteiger partial charge in [-0.25, -0.2) is 4.90 Å². The highest BCUT2D eigenvalue weighted by Gasteiger charge is 2.70. The van der Waals surface area contributed by atoms with Crippen molar-refractivity contribution < 1.29 is 29.0 Å². The van der Waals surface area contributed by atoms with Gasteiger partial charge in [0.2, 0.25) is 23.6 Å². The van der Waals surface area contributed by atoms with Gasteiger partial charge in [-0.3, -0.25) is 24.1 Å². The summed E-state index contributed by atoms with van der Waals surface area (Å²) in [6, 6.07) is 30.6. The number of aliphatic hydroxyl groups excluding tert-OH is 1. The fourth-order valence-corrected chi connectivity index (χ4v) is 9.29. The third kappa shape index (κ3) is 4.92. The van der Waals surface area contributed by atoms with E-state index in [0.29, 0.717) is 39.7 Å². The summed E-state index contributed by atoms with van der Waals surface area (Å²) in [5.41, 5.74) is 2.44. The van der Waals surface area contributed by atoms with Crippen LogP contribution >= 0.6 is 11.6 Å². The summed E-state index contributed by atoms with van der Waals surface area (Å²) < 4.78 is 6.12. The molecule has 2 heterocycles. The quantitative estimate of drug-likeness (QED) is 0.162. The van der Waals surface area contributed by atoms with Crippen LogP contribution in [0.5, 0.6) is 5.75 Å². The number of nitrogens with zero attached hydrogens (tertiary/aromatic N) is 2. The summed E-state index contributed by atoms with van der Waals surface area (Å²) in [4.78, 5) is 61.5. The number of anilines is 2. The number of benzene rings is 4. The van der Waals surface area contributed by atoms with E-state index in [1.807, 2.05) is 66.7 Å². The van der Waals surface area contributed by atoms with Crippen LogP contribution in [0.25, 0.3) is 6.08 Å². The number of ether oxygens (including phenoxy) is 1. The van der Waals surface area contributed by atoms with Crippen molar-refractivity contribution in [2.24, 2.45) is 23.7 Å². The van der Waals surface area contributed by atoms with Crippen LogP contribution in [0.2, 0.25) is 5.02 Å². The van der Waals surface area contributed by atoms with Crippen LogP contribution < -0.4 is 14.5 Å². The first-order valence-corrected chi connectivity index (χ1v) is 17.5. The summed E-state index contributed by atoms with van der Waals surface area (Å²) in [7, 11) is 0. The molecule has 256 valence electrons. The van der Waals surface area contributed by atoms with Gasteiger partial charge in [0.15, 0.2) is 0 Å². The molecule has 0 bridgehead atoms. The van der Waals surface area contributed by atoms with E-state index in [9.17, 15) is 19.5 Å². The molecule has 0 spiro atoms. The lowest BCUT2D eigenvalue weighted by atomic mass is 9.49. The van der Waals surface area contributed by atoms with Gasteiger partial charge < -0.3 is 9.84 Å². The minimum absolute atomic E-state index is 0.0206. The zero-order valence-corrected chi connectivity index (χ0v) is 28.4. The average molecular weight is 699 g/mol.